The minimum atomic E-state index is -3.78. The molecule has 3 aromatic carbocycles. The lowest BCUT2D eigenvalue weighted by atomic mass is 10.2. The number of benzene rings is 3. The standard InChI is InChI=1S/C19H14Cl2N2O3S/c20-13-4-3-5-15(12-13)23-27(25,26)16-10-8-14(9-11-16)22-19(24)17-6-1-2-7-18(17)21/h1-12,23H,(H,22,24). The Bertz CT molecular complexity index is 1080. The van der Waals surface area contributed by atoms with Gasteiger partial charge in [0.1, 0.15) is 0 Å². The molecule has 8 heteroatoms. The predicted molar refractivity (Wildman–Crippen MR) is 108 cm³/mol. The number of carbonyl (C=O) groups is 1. The Kier molecular flexibility index (Phi) is 5.70. The van der Waals surface area contributed by atoms with Crippen LogP contribution in [-0.2, 0) is 10.0 Å². The Morgan fingerprint density at radius 3 is 2.19 bits per heavy atom. The summed E-state index contributed by atoms with van der Waals surface area (Å²) < 4.78 is 27.4. The molecule has 0 spiro atoms. The van der Waals surface area contributed by atoms with Gasteiger partial charge in [-0.3, -0.25) is 9.52 Å². The van der Waals surface area contributed by atoms with Crippen molar-refractivity contribution in [1.29, 1.82) is 0 Å². The number of rotatable bonds is 5. The average molecular weight is 421 g/mol. The third-order valence-corrected chi connectivity index (χ3v) is 5.58. The molecule has 0 aliphatic rings. The summed E-state index contributed by atoms with van der Waals surface area (Å²) in [6.07, 6.45) is 0. The number of anilines is 2. The largest absolute Gasteiger partial charge is 0.322 e. The van der Waals surface area contributed by atoms with E-state index >= 15 is 0 Å². The van der Waals surface area contributed by atoms with Crippen LogP contribution >= 0.6 is 23.2 Å². The molecule has 0 bridgehead atoms. The fourth-order valence-electron chi connectivity index (χ4n) is 2.33. The quantitative estimate of drug-likeness (QED) is 0.606. The minimum absolute atomic E-state index is 0.0539. The molecular formula is C19H14Cl2N2O3S. The maximum Gasteiger partial charge on any atom is 0.261 e. The molecule has 27 heavy (non-hydrogen) atoms. The number of hydrogen-bond donors (Lipinski definition) is 2. The molecule has 5 nitrogen and oxygen atoms in total. The van der Waals surface area contributed by atoms with Crippen LogP contribution in [0.1, 0.15) is 10.4 Å². The molecule has 0 aromatic heterocycles. The summed E-state index contributed by atoms with van der Waals surface area (Å²) in [6.45, 7) is 0. The third-order valence-electron chi connectivity index (χ3n) is 3.62. The lowest BCUT2D eigenvalue weighted by Gasteiger charge is -2.10. The van der Waals surface area contributed by atoms with Crippen molar-refractivity contribution in [2.24, 2.45) is 0 Å². The molecule has 0 heterocycles. The molecule has 0 saturated heterocycles. The van der Waals surface area contributed by atoms with Crippen molar-refractivity contribution in [3.05, 3.63) is 88.4 Å². The molecule has 0 atom stereocenters. The minimum Gasteiger partial charge on any atom is -0.322 e. The second-order valence-corrected chi connectivity index (χ2v) is 8.10. The van der Waals surface area contributed by atoms with Crippen LogP contribution in [0, 0.1) is 0 Å². The van der Waals surface area contributed by atoms with Crippen LogP contribution in [0.3, 0.4) is 0 Å². The Morgan fingerprint density at radius 1 is 0.815 bits per heavy atom. The van der Waals surface area contributed by atoms with E-state index in [4.69, 9.17) is 23.2 Å². The van der Waals surface area contributed by atoms with Crippen molar-refractivity contribution in [2.75, 3.05) is 10.0 Å². The van der Waals surface area contributed by atoms with Gasteiger partial charge in [0, 0.05) is 10.7 Å². The first-order valence-electron chi connectivity index (χ1n) is 7.79. The van der Waals surface area contributed by atoms with Gasteiger partial charge < -0.3 is 5.32 Å². The summed E-state index contributed by atoms with van der Waals surface area (Å²) in [5, 5.41) is 3.44. The fourth-order valence-corrected chi connectivity index (χ4v) is 3.79. The highest BCUT2D eigenvalue weighted by Crippen LogP contribution is 2.22. The number of carbonyl (C=O) groups excluding carboxylic acids is 1. The summed E-state index contributed by atoms with van der Waals surface area (Å²) in [4.78, 5) is 12.3. The summed E-state index contributed by atoms with van der Waals surface area (Å²) in [6, 6.07) is 18.9. The smallest absolute Gasteiger partial charge is 0.261 e. The Balaban J connectivity index is 1.75. The Hall–Kier alpha value is -2.54. The average Bonchev–Trinajstić information content (AvgIpc) is 2.62. The highest BCUT2D eigenvalue weighted by Gasteiger charge is 2.15. The lowest BCUT2D eigenvalue weighted by Crippen LogP contribution is -2.14. The summed E-state index contributed by atoms with van der Waals surface area (Å²) in [5.41, 5.74) is 1.14. The van der Waals surface area contributed by atoms with E-state index in [1.54, 1.807) is 42.5 Å². The molecule has 0 saturated carbocycles. The number of nitrogens with one attached hydrogen (secondary N) is 2. The predicted octanol–water partition coefficient (Wildman–Crippen LogP) is 5.05. The lowest BCUT2D eigenvalue weighted by molar-refractivity contribution is 0.102. The van der Waals surface area contributed by atoms with Crippen LogP contribution in [0.15, 0.2) is 77.7 Å². The second kappa shape index (κ2) is 8.00. The highest BCUT2D eigenvalue weighted by molar-refractivity contribution is 7.92. The van der Waals surface area contributed by atoms with E-state index < -0.39 is 10.0 Å². The van der Waals surface area contributed by atoms with Crippen molar-refractivity contribution in [2.45, 2.75) is 4.90 Å². The number of hydrogen-bond acceptors (Lipinski definition) is 3. The van der Waals surface area contributed by atoms with Crippen molar-refractivity contribution >= 4 is 50.5 Å². The second-order valence-electron chi connectivity index (χ2n) is 5.57. The van der Waals surface area contributed by atoms with Gasteiger partial charge in [0.05, 0.1) is 21.2 Å². The molecule has 0 unspecified atom stereocenters. The van der Waals surface area contributed by atoms with E-state index in [-0.39, 0.29) is 10.8 Å². The van der Waals surface area contributed by atoms with E-state index in [0.717, 1.165) is 0 Å². The summed E-state index contributed by atoms with van der Waals surface area (Å²) >= 11 is 11.9. The van der Waals surface area contributed by atoms with E-state index in [1.807, 2.05) is 0 Å². The Labute approximate surface area is 167 Å². The van der Waals surface area contributed by atoms with Crippen LogP contribution < -0.4 is 10.0 Å². The number of amides is 1. The van der Waals surface area contributed by atoms with Gasteiger partial charge in [0.2, 0.25) is 0 Å². The first kappa shape index (κ1) is 19.2. The zero-order valence-electron chi connectivity index (χ0n) is 13.8. The molecule has 138 valence electrons. The Morgan fingerprint density at radius 2 is 1.52 bits per heavy atom. The summed E-state index contributed by atoms with van der Waals surface area (Å²) in [7, 11) is -3.78. The van der Waals surface area contributed by atoms with Gasteiger partial charge >= 0.3 is 0 Å². The number of halogens is 2. The van der Waals surface area contributed by atoms with Crippen LogP contribution in [0.2, 0.25) is 10.0 Å². The molecule has 3 rings (SSSR count). The third kappa shape index (κ3) is 4.80. The first-order chi connectivity index (χ1) is 12.8. The molecule has 0 fully saturated rings. The van der Waals surface area contributed by atoms with E-state index in [2.05, 4.69) is 10.0 Å². The van der Waals surface area contributed by atoms with Gasteiger partial charge in [-0.05, 0) is 54.6 Å². The molecule has 1 amide bonds. The first-order valence-corrected chi connectivity index (χ1v) is 10.0. The van der Waals surface area contributed by atoms with Crippen LogP contribution in [0.4, 0.5) is 11.4 Å². The number of sulfonamides is 1. The zero-order chi connectivity index (χ0) is 19.4. The van der Waals surface area contributed by atoms with Crippen molar-refractivity contribution < 1.29 is 13.2 Å². The molecule has 0 aliphatic heterocycles. The maximum atomic E-state index is 12.5. The van der Waals surface area contributed by atoms with E-state index in [1.165, 1.54) is 30.3 Å². The molecule has 0 radical (unpaired) electrons. The normalized spacial score (nSPS) is 11.0. The highest BCUT2D eigenvalue weighted by atomic mass is 35.5. The van der Waals surface area contributed by atoms with Gasteiger partial charge in [0.25, 0.3) is 15.9 Å². The molecule has 2 N–H and O–H groups in total. The zero-order valence-corrected chi connectivity index (χ0v) is 16.1. The molecule has 3 aromatic rings. The van der Waals surface area contributed by atoms with E-state index in [9.17, 15) is 13.2 Å². The molecule has 0 aliphatic carbocycles. The van der Waals surface area contributed by atoms with Gasteiger partial charge in [-0.25, -0.2) is 8.42 Å². The van der Waals surface area contributed by atoms with Crippen molar-refractivity contribution in [3.63, 3.8) is 0 Å². The monoisotopic (exact) mass is 420 g/mol. The summed E-state index contributed by atoms with van der Waals surface area (Å²) in [5.74, 6) is -0.381. The maximum absolute atomic E-state index is 12.5. The van der Waals surface area contributed by atoms with Crippen LogP contribution in [0.5, 0.6) is 0 Å². The SMILES string of the molecule is O=C(Nc1ccc(S(=O)(=O)Nc2cccc(Cl)c2)cc1)c1ccccc1Cl. The topological polar surface area (TPSA) is 75.3 Å². The van der Waals surface area contributed by atoms with Gasteiger partial charge in [-0.15, -0.1) is 0 Å². The van der Waals surface area contributed by atoms with Gasteiger partial charge in [-0.2, -0.15) is 0 Å². The van der Waals surface area contributed by atoms with Crippen LogP contribution in [-0.4, -0.2) is 14.3 Å². The molecular weight excluding hydrogens is 407 g/mol. The van der Waals surface area contributed by atoms with Gasteiger partial charge in [-0.1, -0.05) is 41.4 Å². The fraction of sp³-hybridized carbons (Fsp3) is 0. The van der Waals surface area contributed by atoms with Crippen molar-refractivity contribution in [1.82, 2.24) is 0 Å². The van der Waals surface area contributed by atoms with Gasteiger partial charge in [0.15, 0.2) is 0 Å². The van der Waals surface area contributed by atoms with Crippen LogP contribution in [0.25, 0.3) is 0 Å². The van der Waals surface area contributed by atoms with Crippen molar-refractivity contribution in [3.8, 4) is 0 Å². The van der Waals surface area contributed by atoms with E-state index in [0.29, 0.717) is 27.0 Å².